The van der Waals surface area contributed by atoms with Crippen LogP contribution in [0.5, 0.6) is 0 Å². The van der Waals surface area contributed by atoms with Crippen molar-refractivity contribution >= 4 is 11.8 Å². The van der Waals surface area contributed by atoms with E-state index >= 15 is 0 Å². The molecule has 1 fully saturated rings. The van der Waals surface area contributed by atoms with Gasteiger partial charge in [-0.25, -0.2) is 0 Å². The lowest BCUT2D eigenvalue weighted by Gasteiger charge is -2.30. The van der Waals surface area contributed by atoms with Crippen LogP contribution in [-0.2, 0) is 9.59 Å². The molecule has 1 saturated heterocycles. The van der Waals surface area contributed by atoms with E-state index in [0.717, 1.165) is 0 Å². The summed E-state index contributed by atoms with van der Waals surface area (Å²) in [5.41, 5.74) is 0. The zero-order chi connectivity index (χ0) is 14.5. The number of halogens is 3. The summed E-state index contributed by atoms with van der Waals surface area (Å²) in [7, 11) is 1.57. The number of nitrogens with zero attached hydrogens (tertiary/aromatic N) is 1. The topological polar surface area (TPSA) is 61.4 Å². The third-order valence-electron chi connectivity index (χ3n) is 3.06. The standard InChI is InChI=1S/C11H18F3N3O2/c1-15-10(19)8-2-4-17(5-3-8)6-9(18)16-7-11(12,13)14/h8H,2-7H2,1H3,(H,15,19)(H,16,18). The van der Waals surface area contributed by atoms with Gasteiger partial charge in [-0.1, -0.05) is 0 Å². The minimum atomic E-state index is -4.39. The third kappa shape index (κ3) is 5.91. The van der Waals surface area contributed by atoms with Crippen LogP contribution in [0.1, 0.15) is 12.8 Å². The summed E-state index contributed by atoms with van der Waals surface area (Å²) in [6.45, 7) is -0.286. The van der Waals surface area contributed by atoms with Crippen LogP contribution in [0.15, 0.2) is 0 Å². The highest BCUT2D eigenvalue weighted by molar-refractivity contribution is 5.79. The monoisotopic (exact) mass is 281 g/mol. The zero-order valence-electron chi connectivity index (χ0n) is 10.7. The van der Waals surface area contributed by atoms with Gasteiger partial charge in [-0.05, 0) is 25.9 Å². The van der Waals surface area contributed by atoms with Crippen molar-refractivity contribution in [1.82, 2.24) is 15.5 Å². The molecule has 0 saturated carbocycles. The summed E-state index contributed by atoms with van der Waals surface area (Å²) in [5.74, 6) is -0.739. The Morgan fingerprint density at radius 3 is 2.32 bits per heavy atom. The highest BCUT2D eigenvalue weighted by Gasteiger charge is 2.29. The molecule has 19 heavy (non-hydrogen) atoms. The van der Waals surface area contributed by atoms with Gasteiger partial charge in [-0.3, -0.25) is 14.5 Å². The number of rotatable bonds is 4. The molecule has 2 N–H and O–H groups in total. The molecule has 1 heterocycles. The smallest absolute Gasteiger partial charge is 0.359 e. The quantitative estimate of drug-likeness (QED) is 0.769. The molecule has 0 aromatic carbocycles. The van der Waals surface area contributed by atoms with Crippen molar-refractivity contribution < 1.29 is 22.8 Å². The number of nitrogens with one attached hydrogen (secondary N) is 2. The van der Waals surface area contributed by atoms with Gasteiger partial charge in [0.25, 0.3) is 0 Å². The molecule has 0 aromatic heterocycles. The number of carbonyl (C=O) groups is 2. The summed E-state index contributed by atoms with van der Waals surface area (Å²) in [4.78, 5) is 24.4. The number of hydrogen-bond acceptors (Lipinski definition) is 3. The molecule has 0 aliphatic carbocycles. The fraction of sp³-hybridized carbons (Fsp3) is 0.818. The van der Waals surface area contributed by atoms with E-state index in [1.165, 1.54) is 0 Å². The SMILES string of the molecule is CNC(=O)C1CCN(CC(=O)NCC(F)(F)F)CC1. The predicted octanol–water partition coefficient (Wildman–Crippen LogP) is 0.123. The Labute approximate surface area is 109 Å². The highest BCUT2D eigenvalue weighted by atomic mass is 19.4. The Balaban J connectivity index is 2.25. The van der Waals surface area contributed by atoms with Gasteiger partial charge in [0.05, 0.1) is 6.54 Å². The largest absolute Gasteiger partial charge is 0.405 e. The molecule has 0 unspecified atom stereocenters. The maximum Gasteiger partial charge on any atom is 0.405 e. The Morgan fingerprint density at radius 2 is 1.84 bits per heavy atom. The molecule has 2 amide bonds. The predicted molar refractivity (Wildman–Crippen MR) is 62.3 cm³/mol. The van der Waals surface area contributed by atoms with Crippen molar-refractivity contribution in [3.8, 4) is 0 Å². The summed E-state index contributed by atoms with van der Waals surface area (Å²) < 4.78 is 35.7. The molecule has 1 aliphatic rings. The molecule has 0 atom stereocenters. The van der Waals surface area contributed by atoms with Gasteiger partial charge < -0.3 is 10.6 Å². The fourth-order valence-electron chi connectivity index (χ4n) is 2.02. The second-order valence-corrected chi connectivity index (χ2v) is 4.56. The van der Waals surface area contributed by atoms with Crippen LogP contribution in [0.4, 0.5) is 13.2 Å². The number of amides is 2. The molecule has 0 aromatic rings. The molecule has 0 spiro atoms. The van der Waals surface area contributed by atoms with Crippen LogP contribution in [0, 0.1) is 5.92 Å². The summed E-state index contributed by atoms with van der Waals surface area (Å²) in [6.07, 6.45) is -3.15. The number of carbonyl (C=O) groups excluding carboxylic acids is 2. The van der Waals surface area contributed by atoms with E-state index in [2.05, 4.69) is 5.32 Å². The third-order valence-corrected chi connectivity index (χ3v) is 3.06. The molecule has 8 heteroatoms. The number of likely N-dealkylation sites (tertiary alicyclic amines) is 1. The lowest BCUT2D eigenvalue weighted by atomic mass is 9.96. The zero-order valence-corrected chi connectivity index (χ0v) is 10.7. The van der Waals surface area contributed by atoms with Crippen molar-refractivity contribution in [2.24, 2.45) is 5.92 Å². The van der Waals surface area contributed by atoms with Gasteiger partial charge in [0.2, 0.25) is 11.8 Å². The van der Waals surface area contributed by atoms with E-state index < -0.39 is 18.6 Å². The van der Waals surface area contributed by atoms with Crippen molar-refractivity contribution in [3.05, 3.63) is 0 Å². The molecule has 0 radical (unpaired) electrons. The molecule has 110 valence electrons. The summed E-state index contributed by atoms with van der Waals surface area (Å²) in [5, 5.41) is 4.40. The number of alkyl halides is 3. The Morgan fingerprint density at radius 1 is 1.26 bits per heavy atom. The first kappa shape index (κ1) is 15.7. The van der Waals surface area contributed by atoms with Crippen LogP contribution in [-0.4, -0.2) is 56.1 Å². The van der Waals surface area contributed by atoms with Gasteiger partial charge in [-0.2, -0.15) is 13.2 Å². The molecule has 1 aliphatic heterocycles. The van der Waals surface area contributed by atoms with Gasteiger partial charge in [0.1, 0.15) is 6.54 Å². The first-order chi connectivity index (χ1) is 8.81. The van der Waals surface area contributed by atoms with Gasteiger partial charge in [-0.15, -0.1) is 0 Å². The van der Waals surface area contributed by atoms with Crippen molar-refractivity contribution in [2.45, 2.75) is 19.0 Å². The van der Waals surface area contributed by atoms with Crippen LogP contribution in [0.25, 0.3) is 0 Å². The summed E-state index contributed by atoms with van der Waals surface area (Å²) in [6, 6.07) is 0. The lowest BCUT2D eigenvalue weighted by Crippen LogP contribution is -2.45. The van der Waals surface area contributed by atoms with Crippen molar-refractivity contribution in [3.63, 3.8) is 0 Å². The number of hydrogen-bond donors (Lipinski definition) is 2. The Bertz CT molecular complexity index is 326. The van der Waals surface area contributed by atoms with E-state index in [1.807, 2.05) is 5.32 Å². The average Bonchev–Trinajstić information content (AvgIpc) is 2.35. The van der Waals surface area contributed by atoms with E-state index in [9.17, 15) is 22.8 Å². The van der Waals surface area contributed by atoms with Gasteiger partial charge >= 0.3 is 6.18 Å². The minimum Gasteiger partial charge on any atom is -0.359 e. The second kappa shape index (κ2) is 6.74. The number of piperidine rings is 1. The van der Waals surface area contributed by atoms with E-state index in [1.54, 1.807) is 11.9 Å². The van der Waals surface area contributed by atoms with Gasteiger partial charge in [0, 0.05) is 13.0 Å². The van der Waals surface area contributed by atoms with E-state index in [4.69, 9.17) is 0 Å². The van der Waals surface area contributed by atoms with Crippen LogP contribution >= 0.6 is 0 Å². The molecule has 1 rings (SSSR count). The molecule has 5 nitrogen and oxygen atoms in total. The van der Waals surface area contributed by atoms with Crippen molar-refractivity contribution in [1.29, 1.82) is 0 Å². The Hall–Kier alpha value is -1.31. The van der Waals surface area contributed by atoms with Gasteiger partial charge in [0.15, 0.2) is 0 Å². The van der Waals surface area contributed by atoms with Crippen molar-refractivity contribution in [2.75, 3.05) is 33.2 Å². The van der Waals surface area contributed by atoms with Crippen LogP contribution in [0.2, 0.25) is 0 Å². The van der Waals surface area contributed by atoms with Crippen LogP contribution in [0.3, 0.4) is 0 Å². The first-order valence-electron chi connectivity index (χ1n) is 6.09. The van der Waals surface area contributed by atoms with E-state index in [-0.39, 0.29) is 18.4 Å². The van der Waals surface area contributed by atoms with Crippen LogP contribution < -0.4 is 10.6 Å². The minimum absolute atomic E-state index is 0.0267. The maximum atomic E-state index is 11.9. The highest BCUT2D eigenvalue weighted by Crippen LogP contribution is 2.17. The average molecular weight is 281 g/mol. The first-order valence-corrected chi connectivity index (χ1v) is 6.09. The fourth-order valence-corrected chi connectivity index (χ4v) is 2.02. The summed E-state index contributed by atoms with van der Waals surface area (Å²) >= 11 is 0. The lowest BCUT2D eigenvalue weighted by molar-refractivity contribution is -0.139. The molecule has 0 bridgehead atoms. The molecular weight excluding hydrogens is 263 g/mol. The second-order valence-electron chi connectivity index (χ2n) is 4.56. The maximum absolute atomic E-state index is 11.9. The molecular formula is C11H18F3N3O2. The van der Waals surface area contributed by atoms with E-state index in [0.29, 0.717) is 25.9 Å². The Kier molecular flexibility index (Phi) is 5.59. The normalized spacial score (nSPS) is 18.1.